The van der Waals surface area contributed by atoms with Crippen molar-refractivity contribution in [1.82, 2.24) is 0 Å². The third-order valence-corrected chi connectivity index (χ3v) is 4.64. The Morgan fingerprint density at radius 3 is 2.67 bits per heavy atom. The van der Waals surface area contributed by atoms with Gasteiger partial charge in [0, 0.05) is 29.6 Å². The molecule has 1 aliphatic rings. The first kappa shape index (κ1) is 14.2. The summed E-state index contributed by atoms with van der Waals surface area (Å²) in [5.41, 5.74) is 2.49. The lowest BCUT2D eigenvalue weighted by molar-refractivity contribution is 0.362. The quantitative estimate of drug-likeness (QED) is 0.685. The fraction of sp³-hybridized carbons (Fsp3) is 0.600. The minimum absolute atomic E-state index is 0.581. The van der Waals surface area contributed by atoms with Gasteiger partial charge in [-0.15, -0.1) is 11.6 Å². The van der Waals surface area contributed by atoms with Crippen molar-refractivity contribution >= 4 is 33.2 Å². The Labute approximate surface area is 124 Å². The topological polar surface area (TPSA) is 3.24 Å². The van der Waals surface area contributed by atoms with Gasteiger partial charge in [0.05, 0.1) is 0 Å². The Balaban J connectivity index is 2.07. The zero-order chi connectivity index (χ0) is 13.0. The highest BCUT2D eigenvalue weighted by Gasteiger charge is 2.17. The normalized spacial score (nSPS) is 16.8. The molecule has 2 rings (SSSR count). The summed E-state index contributed by atoms with van der Waals surface area (Å²) < 4.78 is 1.13. The standard InChI is InChI=1S/C15H21BrClN/c1-18(11-12-5-3-2-4-6-12)15-9-14(16)8-7-13(15)10-17/h7-9,12H,2-6,10-11H2,1H3. The SMILES string of the molecule is CN(CC1CCCCC1)c1cc(Br)ccc1CCl. The molecule has 0 radical (unpaired) electrons. The van der Waals surface area contributed by atoms with Crippen LogP contribution in [0.25, 0.3) is 0 Å². The monoisotopic (exact) mass is 329 g/mol. The predicted octanol–water partition coefficient (Wildman–Crippen LogP) is 5.20. The van der Waals surface area contributed by atoms with Gasteiger partial charge in [-0.05, 0) is 36.5 Å². The van der Waals surface area contributed by atoms with Crippen LogP contribution in [0.5, 0.6) is 0 Å². The van der Waals surface area contributed by atoms with Crippen LogP contribution in [0, 0.1) is 5.92 Å². The van der Waals surface area contributed by atoms with Crippen LogP contribution >= 0.6 is 27.5 Å². The van der Waals surface area contributed by atoms with Gasteiger partial charge in [0.2, 0.25) is 0 Å². The Kier molecular flexibility index (Phi) is 5.38. The first-order valence-electron chi connectivity index (χ1n) is 6.76. The molecule has 100 valence electrons. The molecule has 0 atom stereocenters. The molecule has 1 fully saturated rings. The molecule has 1 aromatic rings. The third-order valence-electron chi connectivity index (χ3n) is 3.86. The van der Waals surface area contributed by atoms with Crippen LogP contribution in [-0.2, 0) is 5.88 Å². The van der Waals surface area contributed by atoms with E-state index in [1.807, 2.05) is 0 Å². The largest absolute Gasteiger partial charge is 0.374 e. The molecule has 18 heavy (non-hydrogen) atoms. The molecule has 1 nitrogen and oxygen atoms in total. The number of nitrogens with zero attached hydrogens (tertiary/aromatic N) is 1. The lowest BCUT2D eigenvalue weighted by atomic mass is 9.89. The first-order valence-corrected chi connectivity index (χ1v) is 8.09. The fourth-order valence-electron chi connectivity index (χ4n) is 2.86. The summed E-state index contributed by atoms with van der Waals surface area (Å²) in [7, 11) is 2.19. The molecule has 1 aromatic carbocycles. The van der Waals surface area contributed by atoms with Gasteiger partial charge in [-0.2, -0.15) is 0 Å². The highest BCUT2D eigenvalue weighted by molar-refractivity contribution is 9.10. The van der Waals surface area contributed by atoms with Gasteiger partial charge < -0.3 is 4.90 Å². The minimum Gasteiger partial charge on any atom is -0.374 e. The second kappa shape index (κ2) is 6.81. The van der Waals surface area contributed by atoms with Crippen molar-refractivity contribution in [3.63, 3.8) is 0 Å². The summed E-state index contributed by atoms with van der Waals surface area (Å²) in [5.74, 6) is 1.43. The highest BCUT2D eigenvalue weighted by atomic mass is 79.9. The second-order valence-corrected chi connectivity index (χ2v) is 6.47. The molecule has 1 saturated carbocycles. The summed E-state index contributed by atoms with van der Waals surface area (Å²) in [6, 6.07) is 6.36. The van der Waals surface area contributed by atoms with Crippen molar-refractivity contribution in [2.24, 2.45) is 5.92 Å². The summed E-state index contributed by atoms with van der Waals surface area (Å²) >= 11 is 9.58. The van der Waals surface area contributed by atoms with E-state index < -0.39 is 0 Å². The molecular weight excluding hydrogens is 310 g/mol. The van der Waals surface area contributed by atoms with Crippen LogP contribution in [-0.4, -0.2) is 13.6 Å². The van der Waals surface area contributed by atoms with Crippen molar-refractivity contribution in [3.8, 4) is 0 Å². The van der Waals surface area contributed by atoms with Gasteiger partial charge in [0.25, 0.3) is 0 Å². The zero-order valence-corrected chi connectivity index (χ0v) is 13.3. The molecule has 0 unspecified atom stereocenters. The minimum atomic E-state index is 0.581. The molecule has 0 heterocycles. The number of rotatable bonds is 4. The van der Waals surface area contributed by atoms with Gasteiger partial charge in [-0.25, -0.2) is 0 Å². The average Bonchev–Trinajstić information content (AvgIpc) is 2.40. The molecule has 0 bridgehead atoms. The van der Waals surface area contributed by atoms with Gasteiger partial charge in [-0.1, -0.05) is 41.3 Å². The van der Waals surface area contributed by atoms with Crippen LogP contribution in [0.4, 0.5) is 5.69 Å². The van der Waals surface area contributed by atoms with Gasteiger partial charge in [0.15, 0.2) is 0 Å². The fourth-order valence-corrected chi connectivity index (χ4v) is 3.44. The van der Waals surface area contributed by atoms with Crippen LogP contribution in [0.15, 0.2) is 22.7 Å². The Morgan fingerprint density at radius 2 is 2.00 bits per heavy atom. The Morgan fingerprint density at radius 1 is 1.28 bits per heavy atom. The molecule has 0 amide bonds. The van der Waals surface area contributed by atoms with Crippen molar-refractivity contribution < 1.29 is 0 Å². The number of benzene rings is 1. The predicted molar refractivity (Wildman–Crippen MR) is 83.5 cm³/mol. The van der Waals surface area contributed by atoms with Crippen LogP contribution in [0.1, 0.15) is 37.7 Å². The van der Waals surface area contributed by atoms with E-state index in [-0.39, 0.29) is 0 Å². The van der Waals surface area contributed by atoms with Gasteiger partial charge in [0.1, 0.15) is 0 Å². The maximum absolute atomic E-state index is 6.03. The van der Waals surface area contributed by atoms with Crippen molar-refractivity contribution in [3.05, 3.63) is 28.2 Å². The summed E-state index contributed by atoms with van der Waals surface area (Å²) in [6.07, 6.45) is 6.99. The van der Waals surface area contributed by atoms with Gasteiger partial charge >= 0.3 is 0 Å². The molecule has 0 aliphatic heterocycles. The first-order chi connectivity index (χ1) is 8.70. The molecule has 1 aliphatic carbocycles. The maximum atomic E-state index is 6.03. The smallest absolute Gasteiger partial charge is 0.0494 e. The van der Waals surface area contributed by atoms with Crippen LogP contribution < -0.4 is 4.90 Å². The third kappa shape index (κ3) is 3.64. The van der Waals surface area contributed by atoms with Crippen LogP contribution in [0.2, 0.25) is 0 Å². The van der Waals surface area contributed by atoms with Crippen LogP contribution in [0.3, 0.4) is 0 Å². The molecular formula is C15H21BrClN. The van der Waals surface area contributed by atoms with E-state index in [1.165, 1.54) is 43.4 Å². The lowest BCUT2D eigenvalue weighted by Crippen LogP contribution is -2.27. The molecule has 0 aromatic heterocycles. The van der Waals surface area contributed by atoms with E-state index in [0.717, 1.165) is 16.9 Å². The summed E-state index contributed by atoms with van der Waals surface area (Å²) in [6.45, 7) is 1.15. The van der Waals surface area contributed by atoms with Crippen molar-refractivity contribution in [2.45, 2.75) is 38.0 Å². The van der Waals surface area contributed by atoms with E-state index in [1.54, 1.807) is 0 Å². The van der Waals surface area contributed by atoms with E-state index in [2.05, 4.69) is 46.1 Å². The van der Waals surface area contributed by atoms with E-state index >= 15 is 0 Å². The number of halogens is 2. The number of anilines is 1. The van der Waals surface area contributed by atoms with E-state index in [4.69, 9.17) is 11.6 Å². The van der Waals surface area contributed by atoms with Gasteiger partial charge in [-0.3, -0.25) is 0 Å². The number of hydrogen-bond acceptors (Lipinski definition) is 1. The zero-order valence-electron chi connectivity index (χ0n) is 11.0. The average molecular weight is 331 g/mol. The molecule has 0 spiro atoms. The Hall–Kier alpha value is -0.210. The maximum Gasteiger partial charge on any atom is 0.0494 e. The van der Waals surface area contributed by atoms with E-state index in [0.29, 0.717) is 5.88 Å². The Bertz CT molecular complexity index is 388. The van der Waals surface area contributed by atoms with E-state index in [9.17, 15) is 0 Å². The number of hydrogen-bond donors (Lipinski definition) is 0. The lowest BCUT2D eigenvalue weighted by Gasteiger charge is -2.29. The molecule has 0 N–H and O–H groups in total. The summed E-state index contributed by atoms with van der Waals surface area (Å²) in [5, 5.41) is 0. The summed E-state index contributed by atoms with van der Waals surface area (Å²) in [4.78, 5) is 2.37. The van der Waals surface area contributed by atoms with Crippen molar-refractivity contribution in [2.75, 3.05) is 18.5 Å². The number of alkyl halides is 1. The van der Waals surface area contributed by atoms with Crippen molar-refractivity contribution in [1.29, 1.82) is 0 Å². The highest BCUT2D eigenvalue weighted by Crippen LogP contribution is 2.29. The molecule has 3 heteroatoms. The second-order valence-electron chi connectivity index (χ2n) is 5.29. The molecule has 0 saturated heterocycles.